The number of furan rings is 2. The first-order valence-electron chi connectivity index (χ1n) is 8.70. The molecule has 1 aliphatic rings. The lowest BCUT2D eigenvalue weighted by molar-refractivity contribution is 0.0624. The molecule has 4 heterocycles. The molecule has 6 nitrogen and oxygen atoms in total. The number of hydrogen-bond acceptors (Lipinski definition) is 4. The molecule has 3 aromatic heterocycles. The van der Waals surface area contributed by atoms with E-state index in [1.807, 2.05) is 33.9 Å². The van der Waals surface area contributed by atoms with Crippen LogP contribution < -0.4 is 0 Å². The lowest BCUT2D eigenvalue weighted by atomic mass is 10.1. The van der Waals surface area contributed by atoms with E-state index in [-0.39, 0.29) is 11.9 Å². The Labute approximate surface area is 146 Å². The first-order chi connectivity index (χ1) is 12.3. The molecule has 4 rings (SSSR count). The van der Waals surface area contributed by atoms with Crippen molar-refractivity contribution >= 4 is 5.91 Å². The topological polar surface area (TPSA) is 64.4 Å². The molecule has 1 aliphatic heterocycles. The van der Waals surface area contributed by atoms with Crippen molar-refractivity contribution in [2.24, 2.45) is 0 Å². The van der Waals surface area contributed by atoms with Crippen LogP contribution in [-0.2, 0) is 6.54 Å². The van der Waals surface area contributed by atoms with Gasteiger partial charge < -0.3 is 18.3 Å². The highest BCUT2D eigenvalue weighted by molar-refractivity contribution is 5.91. The predicted molar refractivity (Wildman–Crippen MR) is 91.0 cm³/mol. The molecule has 0 aromatic carbocycles. The van der Waals surface area contributed by atoms with Crippen molar-refractivity contribution in [3.63, 3.8) is 0 Å². The molecule has 130 valence electrons. The summed E-state index contributed by atoms with van der Waals surface area (Å²) in [6.07, 6.45) is 11.1. The number of amides is 1. The van der Waals surface area contributed by atoms with Gasteiger partial charge in [-0.15, -0.1) is 0 Å². The van der Waals surface area contributed by atoms with Gasteiger partial charge in [0.1, 0.15) is 11.5 Å². The minimum Gasteiger partial charge on any atom is -0.467 e. The molecular weight excluding hydrogens is 318 g/mol. The largest absolute Gasteiger partial charge is 0.467 e. The Kier molecular flexibility index (Phi) is 4.41. The van der Waals surface area contributed by atoms with E-state index in [0.717, 1.165) is 43.7 Å². The fourth-order valence-corrected chi connectivity index (χ4v) is 3.41. The third-order valence-electron chi connectivity index (χ3n) is 4.66. The van der Waals surface area contributed by atoms with Gasteiger partial charge >= 0.3 is 0 Å². The summed E-state index contributed by atoms with van der Waals surface area (Å²) in [5.74, 6) is 1.90. The van der Waals surface area contributed by atoms with Crippen LogP contribution >= 0.6 is 0 Å². The highest BCUT2D eigenvalue weighted by atomic mass is 16.4. The van der Waals surface area contributed by atoms with E-state index in [2.05, 4.69) is 4.98 Å². The molecule has 1 atom stereocenters. The highest BCUT2D eigenvalue weighted by Gasteiger charge is 2.30. The van der Waals surface area contributed by atoms with E-state index in [1.54, 1.807) is 24.9 Å². The predicted octanol–water partition coefficient (Wildman–Crippen LogP) is 3.87. The summed E-state index contributed by atoms with van der Waals surface area (Å²) < 4.78 is 13.3. The lowest BCUT2D eigenvalue weighted by Crippen LogP contribution is -2.34. The maximum atomic E-state index is 13.0. The Morgan fingerprint density at radius 3 is 3.00 bits per heavy atom. The molecule has 1 fully saturated rings. The van der Waals surface area contributed by atoms with E-state index in [0.29, 0.717) is 12.3 Å². The van der Waals surface area contributed by atoms with Crippen molar-refractivity contribution < 1.29 is 13.6 Å². The molecule has 6 heteroatoms. The van der Waals surface area contributed by atoms with Crippen LogP contribution in [0.25, 0.3) is 0 Å². The fourth-order valence-electron chi connectivity index (χ4n) is 3.41. The lowest BCUT2D eigenvalue weighted by Gasteiger charge is -2.27. The monoisotopic (exact) mass is 339 g/mol. The van der Waals surface area contributed by atoms with Crippen LogP contribution in [0, 0.1) is 0 Å². The number of nitrogens with zero attached hydrogens (tertiary/aromatic N) is 3. The quantitative estimate of drug-likeness (QED) is 0.724. The molecule has 0 saturated carbocycles. The Morgan fingerprint density at radius 1 is 1.24 bits per heavy atom. The fraction of sp³-hybridized carbons (Fsp3) is 0.368. The van der Waals surface area contributed by atoms with Gasteiger partial charge in [0.15, 0.2) is 5.76 Å². The molecule has 1 saturated heterocycles. The zero-order valence-corrected chi connectivity index (χ0v) is 14.0. The average molecular weight is 339 g/mol. The van der Waals surface area contributed by atoms with Gasteiger partial charge in [0.2, 0.25) is 0 Å². The second-order valence-electron chi connectivity index (χ2n) is 6.38. The Hall–Kier alpha value is -2.76. The molecule has 1 unspecified atom stereocenters. The van der Waals surface area contributed by atoms with Gasteiger partial charge in [0, 0.05) is 18.9 Å². The number of hydrogen-bond donors (Lipinski definition) is 0. The number of rotatable bonds is 4. The molecule has 0 spiro atoms. The summed E-state index contributed by atoms with van der Waals surface area (Å²) in [5.41, 5.74) is 0. The number of carbonyl (C=O) groups is 1. The maximum absolute atomic E-state index is 13.0. The van der Waals surface area contributed by atoms with Crippen LogP contribution in [0.4, 0.5) is 0 Å². The summed E-state index contributed by atoms with van der Waals surface area (Å²) in [7, 11) is 0. The van der Waals surface area contributed by atoms with Crippen molar-refractivity contribution in [1.82, 2.24) is 14.5 Å². The van der Waals surface area contributed by atoms with Crippen LogP contribution in [0.1, 0.15) is 53.8 Å². The third kappa shape index (κ3) is 3.38. The van der Waals surface area contributed by atoms with Crippen LogP contribution in [0.15, 0.2) is 58.1 Å². The van der Waals surface area contributed by atoms with E-state index >= 15 is 0 Å². The second kappa shape index (κ2) is 7.01. The second-order valence-corrected chi connectivity index (χ2v) is 6.38. The van der Waals surface area contributed by atoms with E-state index in [1.165, 1.54) is 0 Å². The number of imidazole rings is 1. The minimum atomic E-state index is -0.0693. The first kappa shape index (κ1) is 15.7. The third-order valence-corrected chi connectivity index (χ3v) is 4.66. The molecule has 0 bridgehead atoms. The van der Waals surface area contributed by atoms with E-state index in [9.17, 15) is 4.79 Å². The van der Waals surface area contributed by atoms with Gasteiger partial charge in [0.05, 0.1) is 25.2 Å². The number of likely N-dealkylation sites (tertiary alicyclic amines) is 1. The molecule has 0 N–H and O–H groups in total. The van der Waals surface area contributed by atoms with Crippen LogP contribution in [0.2, 0.25) is 0 Å². The first-order valence-corrected chi connectivity index (χ1v) is 8.70. The van der Waals surface area contributed by atoms with Crippen molar-refractivity contribution in [2.45, 2.75) is 38.3 Å². The summed E-state index contributed by atoms with van der Waals surface area (Å²) in [5, 5.41) is 0. The standard InChI is InChI=1S/C19H21N3O3/c23-19(18-8-7-15(25-18)13-21-11-9-20-14-21)22-10-3-1-2-5-16(22)17-6-4-12-24-17/h4,6-9,11-12,14,16H,1-3,5,10,13H2. The zero-order chi connectivity index (χ0) is 17.1. The summed E-state index contributed by atoms with van der Waals surface area (Å²) in [6.45, 7) is 1.29. The number of carbonyl (C=O) groups excluding carboxylic acids is 1. The van der Waals surface area contributed by atoms with Gasteiger partial charge in [-0.25, -0.2) is 4.98 Å². The molecule has 1 amide bonds. The van der Waals surface area contributed by atoms with Crippen molar-refractivity contribution in [3.8, 4) is 0 Å². The normalized spacial score (nSPS) is 18.2. The van der Waals surface area contributed by atoms with Crippen LogP contribution in [0.3, 0.4) is 0 Å². The summed E-state index contributed by atoms with van der Waals surface area (Å²) >= 11 is 0. The van der Waals surface area contributed by atoms with Crippen molar-refractivity contribution in [1.29, 1.82) is 0 Å². The molecule has 3 aromatic rings. The number of aromatic nitrogens is 2. The minimum absolute atomic E-state index is 0.0211. The van der Waals surface area contributed by atoms with Crippen molar-refractivity contribution in [3.05, 3.63) is 66.5 Å². The summed E-state index contributed by atoms with van der Waals surface area (Å²) in [4.78, 5) is 19.0. The maximum Gasteiger partial charge on any atom is 0.290 e. The molecule has 0 aliphatic carbocycles. The highest BCUT2D eigenvalue weighted by Crippen LogP contribution is 2.31. The molecular formula is C19H21N3O3. The van der Waals surface area contributed by atoms with Crippen molar-refractivity contribution in [2.75, 3.05) is 6.54 Å². The molecule has 0 radical (unpaired) electrons. The Morgan fingerprint density at radius 2 is 2.20 bits per heavy atom. The average Bonchev–Trinajstić information content (AvgIpc) is 3.36. The Bertz CT molecular complexity index is 805. The van der Waals surface area contributed by atoms with Gasteiger partial charge in [-0.3, -0.25) is 4.79 Å². The summed E-state index contributed by atoms with van der Waals surface area (Å²) in [6, 6.07) is 7.42. The van der Waals surface area contributed by atoms with Gasteiger partial charge in [-0.2, -0.15) is 0 Å². The zero-order valence-electron chi connectivity index (χ0n) is 14.0. The van der Waals surface area contributed by atoms with E-state index in [4.69, 9.17) is 8.83 Å². The smallest absolute Gasteiger partial charge is 0.290 e. The van der Waals surface area contributed by atoms with E-state index < -0.39 is 0 Å². The SMILES string of the molecule is O=C(c1ccc(Cn2ccnc2)o1)N1CCCCCC1c1ccco1. The van der Waals surface area contributed by atoms with Crippen LogP contribution in [-0.4, -0.2) is 26.9 Å². The van der Waals surface area contributed by atoms with Gasteiger partial charge in [-0.1, -0.05) is 12.8 Å². The van der Waals surface area contributed by atoms with Crippen LogP contribution in [0.5, 0.6) is 0 Å². The molecule has 25 heavy (non-hydrogen) atoms. The Balaban J connectivity index is 1.54. The van der Waals surface area contributed by atoms with Gasteiger partial charge in [-0.05, 0) is 37.1 Å². The van der Waals surface area contributed by atoms with Gasteiger partial charge in [0.25, 0.3) is 5.91 Å².